The van der Waals surface area contributed by atoms with E-state index in [0.717, 1.165) is 0 Å². The molecule has 0 atom stereocenters. The van der Waals surface area contributed by atoms with Crippen LogP contribution >= 0.6 is 0 Å². The predicted octanol–water partition coefficient (Wildman–Crippen LogP) is 1.37. The molecule has 0 aliphatic rings. The fourth-order valence-electron chi connectivity index (χ4n) is 1.62. The van der Waals surface area contributed by atoms with E-state index in [1.807, 2.05) is 0 Å². The molecule has 0 radical (unpaired) electrons. The highest BCUT2D eigenvalue weighted by Crippen LogP contribution is 2.19. The van der Waals surface area contributed by atoms with E-state index in [1.165, 1.54) is 22.6 Å². The third-order valence-electron chi connectivity index (χ3n) is 2.35. The summed E-state index contributed by atoms with van der Waals surface area (Å²) in [5.74, 6) is 0. The van der Waals surface area contributed by atoms with Crippen LogP contribution in [0, 0.1) is 11.3 Å². The van der Waals surface area contributed by atoms with E-state index >= 15 is 0 Å². The average Bonchev–Trinajstić information content (AvgIpc) is 2.29. The molecule has 0 aliphatic carbocycles. The molecule has 0 bridgehead atoms. The standard InChI is InChI=1S/C11H15N3O2S/c1-4-14(9(2)3)17(15,16)11-6-5-7-13-10(11)8-12/h5-7,9H,4H2,1-3H3. The van der Waals surface area contributed by atoms with E-state index in [4.69, 9.17) is 5.26 Å². The van der Waals surface area contributed by atoms with Gasteiger partial charge >= 0.3 is 0 Å². The molecule has 1 rings (SSSR count). The van der Waals surface area contributed by atoms with Gasteiger partial charge in [0.25, 0.3) is 0 Å². The largest absolute Gasteiger partial charge is 0.246 e. The molecule has 0 amide bonds. The zero-order chi connectivity index (χ0) is 13.1. The maximum atomic E-state index is 12.3. The van der Waals surface area contributed by atoms with Gasteiger partial charge in [0.2, 0.25) is 10.0 Å². The Hall–Kier alpha value is -1.45. The second-order valence-electron chi connectivity index (χ2n) is 3.76. The average molecular weight is 253 g/mol. The molecule has 0 saturated carbocycles. The van der Waals surface area contributed by atoms with E-state index in [0.29, 0.717) is 6.54 Å². The van der Waals surface area contributed by atoms with Gasteiger partial charge in [-0.1, -0.05) is 6.92 Å². The number of aromatic nitrogens is 1. The fraction of sp³-hybridized carbons (Fsp3) is 0.455. The summed E-state index contributed by atoms with van der Waals surface area (Å²) in [6.07, 6.45) is 1.41. The van der Waals surface area contributed by atoms with Crippen molar-refractivity contribution in [3.8, 4) is 6.07 Å². The second-order valence-corrected chi connectivity index (χ2v) is 5.62. The normalized spacial score (nSPS) is 11.8. The molecule has 0 unspecified atom stereocenters. The monoisotopic (exact) mass is 253 g/mol. The molecular formula is C11H15N3O2S. The van der Waals surface area contributed by atoms with Crippen LogP contribution in [0.5, 0.6) is 0 Å². The second kappa shape index (κ2) is 5.25. The molecule has 0 fully saturated rings. The first-order chi connectivity index (χ1) is 7.95. The van der Waals surface area contributed by atoms with Gasteiger partial charge in [-0.3, -0.25) is 0 Å². The van der Waals surface area contributed by atoms with Gasteiger partial charge in [-0.2, -0.15) is 9.57 Å². The van der Waals surface area contributed by atoms with Crippen LogP contribution in [-0.4, -0.2) is 30.3 Å². The fourth-order valence-corrected chi connectivity index (χ4v) is 3.36. The molecule has 1 heterocycles. The molecule has 5 nitrogen and oxygen atoms in total. The Labute approximate surface area is 102 Å². The van der Waals surface area contributed by atoms with Gasteiger partial charge in [0.05, 0.1) is 0 Å². The number of pyridine rings is 1. The van der Waals surface area contributed by atoms with Gasteiger partial charge in [-0.05, 0) is 26.0 Å². The van der Waals surface area contributed by atoms with Gasteiger partial charge in [0.1, 0.15) is 11.0 Å². The lowest BCUT2D eigenvalue weighted by molar-refractivity contribution is 0.369. The smallest absolute Gasteiger partial charge is 0.244 e. The van der Waals surface area contributed by atoms with E-state index in [2.05, 4.69) is 4.98 Å². The number of hydrogen-bond acceptors (Lipinski definition) is 4. The van der Waals surface area contributed by atoms with Crippen molar-refractivity contribution in [1.29, 1.82) is 5.26 Å². The van der Waals surface area contributed by atoms with Crippen molar-refractivity contribution in [3.63, 3.8) is 0 Å². The number of sulfonamides is 1. The maximum absolute atomic E-state index is 12.3. The summed E-state index contributed by atoms with van der Waals surface area (Å²) >= 11 is 0. The highest BCUT2D eigenvalue weighted by molar-refractivity contribution is 7.89. The SMILES string of the molecule is CCN(C(C)C)S(=O)(=O)c1cccnc1C#N. The molecule has 6 heteroatoms. The molecule has 0 N–H and O–H groups in total. The van der Waals surface area contributed by atoms with Crippen LogP contribution in [0.25, 0.3) is 0 Å². The number of rotatable bonds is 4. The van der Waals surface area contributed by atoms with Gasteiger partial charge in [-0.25, -0.2) is 13.4 Å². The Balaban J connectivity index is 3.36. The lowest BCUT2D eigenvalue weighted by atomic mass is 10.4. The van der Waals surface area contributed by atoms with Crippen molar-refractivity contribution in [1.82, 2.24) is 9.29 Å². The quantitative estimate of drug-likeness (QED) is 0.812. The van der Waals surface area contributed by atoms with Crippen molar-refractivity contribution in [2.45, 2.75) is 31.7 Å². The minimum atomic E-state index is -3.64. The summed E-state index contributed by atoms with van der Waals surface area (Å²) in [6.45, 7) is 5.71. The molecule has 0 spiro atoms. The Morgan fingerprint density at radius 2 is 2.18 bits per heavy atom. The van der Waals surface area contributed by atoms with Crippen molar-refractivity contribution in [2.75, 3.05) is 6.54 Å². The van der Waals surface area contributed by atoms with Crippen LogP contribution < -0.4 is 0 Å². The Morgan fingerprint density at radius 1 is 1.53 bits per heavy atom. The maximum Gasteiger partial charge on any atom is 0.246 e. The molecule has 17 heavy (non-hydrogen) atoms. The van der Waals surface area contributed by atoms with Crippen LogP contribution in [0.4, 0.5) is 0 Å². The van der Waals surface area contributed by atoms with Crippen LogP contribution in [-0.2, 0) is 10.0 Å². The van der Waals surface area contributed by atoms with Crippen LogP contribution in [0.3, 0.4) is 0 Å². The third-order valence-corrected chi connectivity index (χ3v) is 4.53. The van der Waals surface area contributed by atoms with Crippen molar-refractivity contribution >= 4 is 10.0 Å². The summed E-state index contributed by atoms with van der Waals surface area (Å²) in [7, 11) is -3.64. The van der Waals surface area contributed by atoms with E-state index in [9.17, 15) is 8.42 Å². The molecular weight excluding hydrogens is 238 g/mol. The van der Waals surface area contributed by atoms with Crippen molar-refractivity contribution in [2.24, 2.45) is 0 Å². The highest BCUT2D eigenvalue weighted by Gasteiger charge is 2.28. The van der Waals surface area contributed by atoms with E-state index in [-0.39, 0.29) is 16.6 Å². The topological polar surface area (TPSA) is 74.1 Å². The summed E-state index contributed by atoms with van der Waals surface area (Å²) in [5.41, 5.74) is -0.0633. The Kier molecular flexibility index (Phi) is 4.21. The minimum absolute atomic E-state index is 0.0296. The van der Waals surface area contributed by atoms with Crippen LogP contribution in [0.1, 0.15) is 26.5 Å². The predicted molar refractivity (Wildman–Crippen MR) is 63.7 cm³/mol. The Morgan fingerprint density at radius 3 is 2.65 bits per heavy atom. The summed E-state index contributed by atoms with van der Waals surface area (Å²) in [5, 5.41) is 8.88. The third kappa shape index (κ3) is 2.62. The summed E-state index contributed by atoms with van der Waals surface area (Å²) < 4.78 is 26.0. The van der Waals surface area contributed by atoms with Crippen LogP contribution in [0.2, 0.25) is 0 Å². The first kappa shape index (κ1) is 13.6. The van der Waals surface area contributed by atoms with Gasteiger partial charge < -0.3 is 0 Å². The minimum Gasteiger partial charge on any atom is -0.244 e. The first-order valence-corrected chi connectivity index (χ1v) is 6.76. The van der Waals surface area contributed by atoms with Crippen molar-refractivity contribution in [3.05, 3.63) is 24.0 Å². The molecule has 92 valence electrons. The number of nitrogens with zero attached hydrogens (tertiary/aromatic N) is 3. The number of hydrogen-bond donors (Lipinski definition) is 0. The van der Waals surface area contributed by atoms with E-state index < -0.39 is 10.0 Å². The van der Waals surface area contributed by atoms with Gasteiger partial charge in [0.15, 0.2) is 5.69 Å². The molecule has 1 aromatic heterocycles. The highest BCUT2D eigenvalue weighted by atomic mass is 32.2. The van der Waals surface area contributed by atoms with Crippen LogP contribution in [0.15, 0.2) is 23.2 Å². The first-order valence-electron chi connectivity index (χ1n) is 5.32. The van der Waals surface area contributed by atoms with Crippen molar-refractivity contribution < 1.29 is 8.42 Å². The molecule has 1 aromatic rings. The van der Waals surface area contributed by atoms with Gasteiger partial charge in [-0.15, -0.1) is 0 Å². The van der Waals surface area contributed by atoms with Gasteiger partial charge in [0, 0.05) is 18.8 Å². The molecule has 0 aromatic carbocycles. The number of nitriles is 1. The zero-order valence-corrected chi connectivity index (χ0v) is 10.9. The molecule has 0 saturated heterocycles. The summed E-state index contributed by atoms with van der Waals surface area (Å²) in [4.78, 5) is 3.74. The van der Waals surface area contributed by atoms with E-state index in [1.54, 1.807) is 26.8 Å². The Bertz CT molecular complexity index is 532. The molecule has 0 aliphatic heterocycles. The zero-order valence-electron chi connectivity index (χ0n) is 10.1. The summed E-state index contributed by atoms with van der Waals surface area (Å²) in [6, 6.07) is 4.57. The lowest BCUT2D eigenvalue weighted by Gasteiger charge is -2.24. The lowest BCUT2D eigenvalue weighted by Crippen LogP contribution is -2.37.